The highest BCUT2D eigenvalue weighted by Gasteiger charge is 2.13. The standard InChI is InChI=1S/C13H13NO5/c1-3-19-13(17)9(7-14)4-8-5-10(15)12(16)11(6-8)18-2/h4-6,15-16H,3H2,1-2H3. The van der Waals surface area contributed by atoms with Gasteiger partial charge in [0, 0.05) is 0 Å². The van der Waals surface area contributed by atoms with E-state index >= 15 is 0 Å². The zero-order chi connectivity index (χ0) is 14.4. The molecule has 1 rings (SSSR count). The molecule has 2 N–H and O–H groups in total. The van der Waals surface area contributed by atoms with Crippen LogP contribution in [0, 0.1) is 11.3 Å². The minimum absolute atomic E-state index is 0.0346. The van der Waals surface area contributed by atoms with Crippen LogP contribution >= 0.6 is 0 Å². The number of methoxy groups -OCH3 is 1. The van der Waals surface area contributed by atoms with Gasteiger partial charge in [0.25, 0.3) is 0 Å². The zero-order valence-corrected chi connectivity index (χ0v) is 10.5. The molecule has 6 nitrogen and oxygen atoms in total. The molecule has 0 saturated heterocycles. The Hall–Kier alpha value is -2.68. The Bertz CT molecular complexity index is 557. The highest BCUT2D eigenvalue weighted by Crippen LogP contribution is 2.36. The van der Waals surface area contributed by atoms with E-state index in [1.54, 1.807) is 13.0 Å². The Morgan fingerprint density at radius 1 is 1.47 bits per heavy atom. The molecule has 100 valence electrons. The lowest BCUT2D eigenvalue weighted by molar-refractivity contribution is -0.137. The van der Waals surface area contributed by atoms with Crippen molar-refractivity contribution < 1.29 is 24.5 Å². The molecule has 0 aromatic heterocycles. The summed E-state index contributed by atoms with van der Waals surface area (Å²) >= 11 is 0. The van der Waals surface area contributed by atoms with Crippen LogP contribution in [0.1, 0.15) is 12.5 Å². The molecule has 0 fully saturated rings. The van der Waals surface area contributed by atoms with Gasteiger partial charge in [-0.2, -0.15) is 5.26 Å². The van der Waals surface area contributed by atoms with E-state index in [9.17, 15) is 15.0 Å². The van der Waals surface area contributed by atoms with Crippen molar-refractivity contribution in [2.45, 2.75) is 6.92 Å². The number of esters is 1. The van der Waals surface area contributed by atoms with Crippen molar-refractivity contribution in [2.75, 3.05) is 13.7 Å². The van der Waals surface area contributed by atoms with Gasteiger partial charge >= 0.3 is 5.97 Å². The summed E-state index contributed by atoms with van der Waals surface area (Å²) in [5.41, 5.74) is 0.116. The van der Waals surface area contributed by atoms with Crippen LogP contribution in [0.3, 0.4) is 0 Å². The summed E-state index contributed by atoms with van der Waals surface area (Å²) in [7, 11) is 1.32. The number of aromatic hydroxyl groups is 2. The number of hydrogen-bond acceptors (Lipinski definition) is 6. The molecule has 0 atom stereocenters. The molecule has 0 spiro atoms. The summed E-state index contributed by atoms with van der Waals surface area (Å²) in [6.45, 7) is 1.78. The van der Waals surface area contributed by atoms with E-state index in [-0.39, 0.29) is 17.9 Å². The fourth-order valence-electron chi connectivity index (χ4n) is 1.37. The van der Waals surface area contributed by atoms with Crippen LogP contribution in [-0.2, 0) is 9.53 Å². The third-order valence-corrected chi connectivity index (χ3v) is 2.22. The Balaban J connectivity index is 3.20. The van der Waals surface area contributed by atoms with Gasteiger partial charge < -0.3 is 19.7 Å². The van der Waals surface area contributed by atoms with Gasteiger partial charge in [-0.1, -0.05) is 0 Å². The molecule has 0 bridgehead atoms. The predicted molar refractivity (Wildman–Crippen MR) is 66.5 cm³/mol. The largest absolute Gasteiger partial charge is 0.504 e. The van der Waals surface area contributed by atoms with Gasteiger partial charge in [0.1, 0.15) is 11.6 Å². The van der Waals surface area contributed by atoms with Crippen LogP contribution in [0.15, 0.2) is 17.7 Å². The number of phenolic OH excluding ortho intramolecular Hbond substituents is 2. The Labute approximate surface area is 110 Å². The van der Waals surface area contributed by atoms with E-state index in [1.165, 1.54) is 25.3 Å². The number of carbonyl (C=O) groups is 1. The molecule has 0 aliphatic rings. The van der Waals surface area contributed by atoms with Crippen molar-refractivity contribution in [3.63, 3.8) is 0 Å². The molecule has 0 heterocycles. The predicted octanol–water partition coefficient (Wildman–Crippen LogP) is 1.58. The lowest BCUT2D eigenvalue weighted by Gasteiger charge is -2.06. The lowest BCUT2D eigenvalue weighted by Crippen LogP contribution is -2.06. The van der Waals surface area contributed by atoms with E-state index in [0.29, 0.717) is 5.56 Å². The van der Waals surface area contributed by atoms with Crippen LogP contribution < -0.4 is 4.74 Å². The quantitative estimate of drug-likeness (QED) is 0.370. The number of nitriles is 1. The summed E-state index contributed by atoms with van der Waals surface area (Å²) < 4.78 is 9.56. The molecule has 0 amide bonds. The number of benzene rings is 1. The Morgan fingerprint density at radius 3 is 2.68 bits per heavy atom. The minimum atomic E-state index is -0.753. The van der Waals surface area contributed by atoms with Crippen molar-refractivity contribution in [2.24, 2.45) is 0 Å². The van der Waals surface area contributed by atoms with Crippen LogP contribution in [-0.4, -0.2) is 29.9 Å². The maximum atomic E-state index is 11.4. The summed E-state index contributed by atoms with van der Waals surface area (Å²) in [5, 5.41) is 27.8. The van der Waals surface area contributed by atoms with Gasteiger partial charge in [0.05, 0.1) is 13.7 Å². The number of rotatable bonds is 4. The van der Waals surface area contributed by atoms with Gasteiger partial charge in [-0.25, -0.2) is 4.79 Å². The van der Waals surface area contributed by atoms with Gasteiger partial charge in [-0.3, -0.25) is 0 Å². The molecule has 1 aromatic rings. The van der Waals surface area contributed by atoms with Gasteiger partial charge in [-0.15, -0.1) is 0 Å². The number of phenols is 2. The number of hydrogen-bond donors (Lipinski definition) is 2. The zero-order valence-electron chi connectivity index (χ0n) is 10.5. The number of carbonyl (C=O) groups excluding carboxylic acids is 1. The van der Waals surface area contributed by atoms with Crippen molar-refractivity contribution in [1.29, 1.82) is 5.26 Å². The first-order valence-electron chi connectivity index (χ1n) is 5.42. The molecular weight excluding hydrogens is 250 g/mol. The van der Waals surface area contributed by atoms with Crippen molar-refractivity contribution in [3.8, 4) is 23.3 Å². The molecule has 0 aliphatic heterocycles. The van der Waals surface area contributed by atoms with E-state index in [2.05, 4.69) is 0 Å². The minimum Gasteiger partial charge on any atom is -0.504 e. The smallest absolute Gasteiger partial charge is 0.348 e. The summed E-state index contributed by atoms with van der Waals surface area (Å²) in [4.78, 5) is 11.4. The SMILES string of the molecule is CCOC(=O)C(C#N)=Cc1cc(O)c(O)c(OC)c1. The Kier molecular flexibility index (Phi) is 4.77. The van der Waals surface area contributed by atoms with Crippen LogP contribution in [0.25, 0.3) is 6.08 Å². The Morgan fingerprint density at radius 2 is 2.16 bits per heavy atom. The lowest BCUT2D eigenvalue weighted by atomic mass is 10.1. The second-order valence-electron chi connectivity index (χ2n) is 3.48. The third-order valence-electron chi connectivity index (χ3n) is 2.22. The highest BCUT2D eigenvalue weighted by molar-refractivity contribution is 5.98. The highest BCUT2D eigenvalue weighted by atomic mass is 16.5. The van der Waals surface area contributed by atoms with Crippen LogP contribution in [0.4, 0.5) is 0 Å². The van der Waals surface area contributed by atoms with Crippen molar-refractivity contribution in [3.05, 3.63) is 23.3 Å². The van der Waals surface area contributed by atoms with E-state index in [0.717, 1.165) is 0 Å². The molecule has 1 aromatic carbocycles. The number of ether oxygens (including phenoxy) is 2. The average Bonchev–Trinajstić information content (AvgIpc) is 2.39. The summed E-state index contributed by atoms with van der Waals surface area (Å²) in [6.07, 6.45) is 1.24. The van der Waals surface area contributed by atoms with Gasteiger partial charge in [0.2, 0.25) is 5.75 Å². The first-order valence-corrected chi connectivity index (χ1v) is 5.42. The second kappa shape index (κ2) is 6.31. The molecule has 19 heavy (non-hydrogen) atoms. The summed E-state index contributed by atoms with van der Waals surface area (Å²) in [5.74, 6) is -1.54. The molecule has 0 saturated carbocycles. The first-order chi connectivity index (χ1) is 9.03. The van der Waals surface area contributed by atoms with Crippen LogP contribution in [0.5, 0.6) is 17.2 Å². The molecule has 6 heteroatoms. The fraction of sp³-hybridized carbons (Fsp3) is 0.231. The maximum Gasteiger partial charge on any atom is 0.348 e. The third kappa shape index (κ3) is 3.39. The molecule has 0 unspecified atom stereocenters. The molecule has 0 radical (unpaired) electrons. The summed E-state index contributed by atoms with van der Waals surface area (Å²) in [6, 6.07) is 4.29. The maximum absolute atomic E-state index is 11.4. The number of nitrogens with zero attached hydrogens (tertiary/aromatic N) is 1. The van der Waals surface area contributed by atoms with E-state index in [1.807, 2.05) is 0 Å². The van der Waals surface area contributed by atoms with Gasteiger partial charge in [0.15, 0.2) is 11.5 Å². The van der Waals surface area contributed by atoms with E-state index < -0.39 is 17.5 Å². The van der Waals surface area contributed by atoms with Crippen molar-refractivity contribution in [1.82, 2.24) is 0 Å². The topological polar surface area (TPSA) is 99.8 Å². The second-order valence-corrected chi connectivity index (χ2v) is 3.48. The molecular formula is C13H13NO5. The monoisotopic (exact) mass is 263 g/mol. The van der Waals surface area contributed by atoms with E-state index in [4.69, 9.17) is 14.7 Å². The van der Waals surface area contributed by atoms with Gasteiger partial charge in [-0.05, 0) is 30.7 Å². The fourth-order valence-corrected chi connectivity index (χ4v) is 1.37. The average molecular weight is 263 g/mol. The normalized spacial score (nSPS) is 10.7. The van der Waals surface area contributed by atoms with Crippen molar-refractivity contribution >= 4 is 12.0 Å². The molecule has 0 aliphatic carbocycles. The van der Waals surface area contributed by atoms with Crippen LogP contribution in [0.2, 0.25) is 0 Å². The first kappa shape index (κ1) is 14.4.